The smallest absolute Gasteiger partial charge is 0.272 e. The van der Waals surface area contributed by atoms with Crippen molar-refractivity contribution in [3.8, 4) is 11.8 Å². The number of pyridine rings is 1. The quantitative estimate of drug-likeness (QED) is 0.577. The van der Waals surface area contributed by atoms with Gasteiger partial charge >= 0.3 is 0 Å². The number of aromatic amines is 1. The summed E-state index contributed by atoms with van der Waals surface area (Å²) < 4.78 is 6.61. The Kier molecular flexibility index (Phi) is 5.26. The minimum absolute atomic E-state index is 0.228. The molecule has 1 aliphatic rings. The molecule has 1 heterocycles. The number of ether oxygens (including phenoxy) is 1. The van der Waals surface area contributed by atoms with Crippen molar-refractivity contribution >= 4 is 40.8 Å². The molecule has 5 nitrogen and oxygen atoms in total. The molecule has 7 heteroatoms. The van der Waals surface area contributed by atoms with Crippen LogP contribution in [0.2, 0.25) is 0 Å². The highest BCUT2D eigenvalue weighted by molar-refractivity contribution is 7.99. The number of thioether (sulfide) groups is 1. The van der Waals surface area contributed by atoms with Crippen LogP contribution in [0.5, 0.6) is 5.75 Å². The van der Waals surface area contributed by atoms with Crippen LogP contribution in [0.1, 0.15) is 25.3 Å². The summed E-state index contributed by atoms with van der Waals surface area (Å²) >= 11 is 6.55. The number of rotatable bonds is 6. The Morgan fingerprint density at radius 2 is 2.23 bits per heavy atom. The largest absolute Gasteiger partial charge is 0.470 e. The average molecular weight is 388 g/mol. The lowest BCUT2D eigenvalue weighted by atomic mass is 9.98. The van der Waals surface area contributed by atoms with E-state index in [1.54, 1.807) is 6.92 Å². The first kappa shape index (κ1) is 18.7. The molecule has 2 atom stereocenters. The fraction of sp³-hybridized carbons (Fsp3) is 0.421. The van der Waals surface area contributed by atoms with Gasteiger partial charge in [-0.2, -0.15) is 5.26 Å². The van der Waals surface area contributed by atoms with Crippen molar-refractivity contribution in [3.05, 3.63) is 34.5 Å². The van der Waals surface area contributed by atoms with Gasteiger partial charge in [0.1, 0.15) is 15.9 Å². The number of benzene rings is 1. The van der Waals surface area contributed by atoms with Crippen LogP contribution >= 0.6 is 24.0 Å². The van der Waals surface area contributed by atoms with Gasteiger partial charge in [-0.25, -0.2) is 0 Å². The fourth-order valence-electron chi connectivity index (χ4n) is 2.90. The number of nitrogens with zero attached hydrogens (tertiary/aromatic N) is 1. The number of nitrogens with one attached hydrogen (secondary N) is 2. The number of nitriles is 1. The average Bonchev–Trinajstić information content (AvgIpc) is 3.46. The lowest BCUT2D eigenvalue weighted by molar-refractivity contribution is -0.125. The number of carbonyl (C=O) groups excluding carboxylic acids is 1. The Hall–Kier alpha value is -2.04. The van der Waals surface area contributed by atoms with Gasteiger partial charge in [-0.15, -0.1) is 11.8 Å². The number of aryl methyl sites for hydroxylation is 1. The van der Waals surface area contributed by atoms with Crippen molar-refractivity contribution in [2.75, 3.05) is 6.26 Å². The van der Waals surface area contributed by atoms with Crippen LogP contribution in [-0.2, 0) is 4.79 Å². The van der Waals surface area contributed by atoms with Crippen LogP contribution in [0.3, 0.4) is 0 Å². The molecule has 0 spiro atoms. The van der Waals surface area contributed by atoms with Crippen molar-refractivity contribution in [1.29, 1.82) is 5.26 Å². The number of carbonyl (C=O) groups is 1. The van der Waals surface area contributed by atoms with Crippen LogP contribution < -0.4 is 10.1 Å². The predicted octanol–water partition coefficient (Wildman–Crippen LogP) is 4.08. The molecule has 1 aromatic carbocycles. The molecule has 0 bridgehead atoms. The monoisotopic (exact) mass is 387 g/mol. The summed E-state index contributed by atoms with van der Waals surface area (Å²) in [6.07, 6.45) is 3.76. The molecule has 26 heavy (non-hydrogen) atoms. The van der Waals surface area contributed by atoms with Gasteiger partial charge in [0, 0.05) is 10.9 Å². The van der Waals surface area contributed by atoms with E-state index >= 15 is 0 Å². The molecule has 0 saturated heterocycles. The summed E-state index contributed by atoms with van der Waals surface area (Å²) in [5, 5.41) is 13.3. The minimum Gasteiger partial charge on any atom is -0.470 e. The second-order valence-corrected chi connectivity index (χ2v) is 8.10. The van der Waals surface area contributed by atoms with Crippen molar-refractivity contribution in [2.24, 2.45) is 5.92 Å². The molecule has 3 rings (SSSR count). The van der Waals surface area contributed by atoms with Gasteiger partial charge in [-0.05, 0) is 68.7 Å². The lowest BCUT2D eigenvalue weighted by Crippen LogP contribution is -2.50. The van der Waals surface area contributed by atoms with Crippen LogP contribution in [0.4, 0.5) is 0 Å². The highest BCUT2D eigenvalue weighted by atomic mass is 32.2. The van der Waals surface area contributed by atoms with Crippen LogP contribution in [0, 0.1) is 28.8 Å². The van der Waals surface area contributed by atoms with Crippen molar-refractivity contribution in [2.45, 2.75) is 37.7 Å². The number of H-pyrrole nitrogens is 1. The second kappa shape index (κ2) is 7.29. The van der Waals surface area contributed by atoms with Crippen LogP contribution in [0.25, 0.3) is 10.9 Å². The normalized spacial score (nSPS) is 17.2. The minimum atomic E-state index is -0.830. The first-order valence-corrected chi connectivity index (χ1v) is 10.1. The fourth-order valence-corrected chi connectivity index (χ4v) is 3.55. The molecule has 0 aliphatic heterocycles. The zero-order chi connectivity index (χ0) is 18.9. The maximum atomic E-state index is 12.6. The van der Waals surface area contributed by atoms with E-state index in [1.807, 2.05) is 37.4 Å². The van der Waals surface area contributed by atoms with Gasteiger partial charge < -0.3 is 15.0 Å². The van der Waals surface area contributed by atoms with Crippen LogP contribution in [-0.4, -0.2) is 28.1 Å². The van der Waals surface area contributed by atoms with Gasteiger partial charge in [0.25, 0.3) is 5.91 Å². The zero-order valence-corrected chi connectivity index (χ0v) is 16.6. The molecule has 136 valence electrons. The molecule has 1 aromatic heterocycles. The summed E-state index contributed by atoms with van der Waals surface area (Å²) in [7, 11) is 0. The van der Waals surface area contributed by atoms with Gasteiger partial charge in [-0.3, -0.25) is 4.79 Å². The maximum Gasteiger partial charge on any atom is 0.272 e. The van der Waals surface area contributed by atoms with Crippen molar-refractivity contribution in [1.82, 2.24) is 10.3 Å². The summed E-state index contributed by atoms with van der Waals surface area (Å²) in [5.74, 6) is 0.546. The number of aromatic nitrogens is 1. The van der Waals surface area contributed by atoms with Crippen molar-refractivity contribution in [3.63, 3.8) is 0 Å². The Morgan fingerprint density at radius 1 is 1.50 bits per heavy atom. The summed E-state index contributed by atoms with van der Waals surface area (Å²) in [6, 6.07) is 9.81. The highest BCUT2D eigenvalue weighted by Crippen LogP contribution is 2.39. The van der Waals surface area contributed by atoms with E-state index < -0.39 is 11.0 Å². The van der Waals surface area contributed by atoms with Gasteiger partial charge in [0.05, 0.1) is 6.07 Å². The Labute approximate surface area is 162 Å². The lowest BCUT2D eigenvalue weighted by Gasteiger charge is -2.26. The Balaban J connectivity index is 1.78. The first-order chi connectivity index (χ1) is 12.4. The van der Waals surface area contributed by atoms with Crippen LogP contribution in [0.15, 0.2) is 24.3 Å². The Bertz CT molecular complexity index is 946. The van der Waals surface area contributed by atoms with E-state index in [2.05, 4.69) is 16.4 Å². The van der Waals surface area contributed by atoms with E-state index in [0.717, 1.165) is 29.3 Å². The molecular weight excluding hydrogens is 366 g/mol. The third-order valence-corrected chi connectivity index (χ3v) is 5.84. The topological polar surface area (TPSA) is 77.9 Å². The summed E-state index contributed by atoms with van der Waals surface area (Å²) in [6.45, 7) is 3.73. The molecule has 2 N–H and O–H groups in total. The van der Waals surface area contributed by atoms with Gasteiger partial charge in [0.2, 0.25) is 5.44 Å². The second-order valence-electron chi connectivity index (χ2n) is 6.79. The number of hydrogen-bond donors (Lipinski definition) is 2. The third kappa shape index (κ3) is 3.87. The summed E-state index contributed by atoms with van der Waals surface area (Å²) in [4.78, 5) is 15.8. The first-order valence-electron chi connectivity index (χ1n) is 8.42. The molecule has 2 unspecified atom stereocenters. The van der Waals surface area contributed by atoms with Gasteiger partial charge in [-0.1, -0.05) is 12.2 Å². The van der Waals surface area contributed by atoms with E-state index in [1.165, 1.54) is 11.8 Å². The van der Waals surface area contributed by atoms with E-state index in [0.29, 0.717) is 10.4 Å². The Morgan fingerprint density at radius 3 is 2.85 bits per heavy atom. The SMILES string of the molecule is CSC(Oc1ccc2[nH]c(=S)c(C)cc2c1)C(=O)NC(C)(C#N)C1CC1. The van der Waals surface area contributed by atoms with Crippen molar-refractivity contribution < 1.29 is 9.53 Å². The predicted molar refractivity (Wildman–Crippen MR) is 107 cm³/mol. The zero-order valence-electron chi connectivity index (χ0n) is 15.0. The third-order valence-electron chi connectivity index (χ3n) is 4.68. The molecule has 1 fully saturated rings. The standard InChI is InChI=1S/C19H21N3O2S2/c1-11-8-12-9-14(6-7-15(12)21-17(11)25)24-18(26-3)16(23)22-19(2,10-20)13-4-5-13/h6-9,13,18H,4-5H2,1-3H3,(H,21,25)(H,22,23). The van der Waals surface area contributed by atoms with E-state index in [9.17, 15) is 10.1 Å². The van der Waals surface area contributed by atoms with E-state index in [-0.39, 0.29) is 11.8 Å². The number of fused-ring (bicyclic) bond motifs is 1. The molecule has 1 amide bonds. The molecule has 2 aromatic rings. The summed E-state index contributed by atoms with van der Waals surface area (Å²) in [5.41, 5.74) is 0.355. The number of amides is 1. The molecule has 0 radical (unpaired) electrons. The van der Waals surface area contributed by atoms with Gasteiger partial charge in [0.15, 0.2) is 0 Å². The highest BCUT2D eigenvalue weighted by Gasteiger charge is 2.44. The molecule has 1 aliphatic carbocycles. The number of hydrogen-bond acceptors (Lipinski definition) is 5. The molecular formula is C19H21N3O2S2. The van der Waals surface area contributed by atoms with E-state index in [4.69, 9.17) is 17.0 Å². The molecule has 1 saturated carbocycles. The maximum absolute atomic E-state index is 12.6.